The molecule has 2 aliphatic rings. The predicted octanol–water partition coefficient (Wildman–Crippen LogP) is 2.04. The number of carbonyl (C=O) groups excluding carboxylic acids is 3. The average Bonchev–Trinajstić information content (AvgIpc) is 3.24. The van der Waals surface area contributed by atoms with E-state index < -0.39 is 0 Å². The van der Waals surface area contributed by atoms with E-state index in [4.69, 9.17) is 9.47 Å². The molecule has 4 rings (SSSR count). The van der Waals surface area contributed by atoms with Gasteiger partial charge in [-0.15, -0.1) is 0 Å². The first kappa shape index (κ1) is 21.7. The highest BCUT2D eigenvalue weighted by molar-refractivity contribution is 6.00. The summed E-state index contributed by atoms with van der Waals surface area (Å²) in [5.41, 5.74) is 1.30. The number of amides is 3. The van der Waals surface area contributed by atoms with Gasteiger partial charge in [0.25, 0.3) is 5.91 Å². The molecule has 2 aromatic rings. The molecule has 2 aliphatic heterocycles. The summed E-state index contributed by atoms with van der Waals surface area (Å²) in [5.74, 6) is 0.571. The minimum atomic E-state index is -0.354. The van der Waals surface area contributed by atoms with Gasteiger partial charge in [0.05, 0.1) is 20.1 Å². The molecule has 0 bridgehead atoms. The van der Waals surface area contributed by atoms with E-state index in [0.29, 0.717) is 49.8 Å². The van der Waals surface area contributed by atoms with Crippen LogP contribution in [0.15, 0.2) is 48.5 Å². The van der Waals surface area contributed by atoms with Crippen molar-refractivity contribution in [3.8, 4) is 11.5 Å². The highest BCUT2D eigenvalue weighted by Crippen LogP contribution is 2.27. The van der Waals surface area contributed by atoms with Crippen molar-refractivity contribution in [3.05, 3.63) is 54.1 Å². The molecule has 1 atom stereocenters. The molecule has 0 aliphatic carbocycles. The van der Waals surface area contributed by atoms with Crippen LogP contribution in [0.4, 0.5) is 5.69 Å². The highest BCUT2D eigenvalue weighted by Gasteiger charge is 2.38. The van der Waals surface area contributed by atoms with Crippen LogP contribution in [-0.4, -0.2) is 74.5 Å². The number of anilines is 1. The Kier molecular flexibility index (Phi) is 6.30. The summed E-state index contributed by atoms with van der Waals surface area (Å²) in [5, 5.41) is 0. The summed E-state index contributed by atoms with van der Waals surface area (Å²) in [4.78, 5) is 43.7. The van der Waals surface area contributed by atoms with Crippen LogP contribution in [0.2, 0.25) is 0 Å². The van der Waals surface area contributed by atoms with Crippen LogP contribution in [-0.2, 0) is 9.59 Å². The van der Waals surface area contributed by atoms with E-state index in [0.717, 1.165) is 5.69 Å². The summed E-state index contributed by atoms with van der Waals surface area (Å²) in [6.45, 7) is 2.16. The van der Waals surface area contributed by atoms with Crippen molar-refractivity contribution in [1.29, 1.82) is 0 Å². The van der Waals surface area contributed by atoms with Gasteiger partial charge in [-0.25, -0.2) is 0 Å². The topological polar surface area (TPSA) is 79.4 Å². The minimum absolute atomic E-state index is 0.0214. The van der Waals surface area contributed by atoms with Crippen LogP contribution in [0.5, 0.6) is 11.5 Å². The van der Waals surface area contributed by atoms with Crippen molar-refractivity contribution < 1.29 is 23.9 Å². The molecular formula is C24H27N3O5. The van der Waals surface area contributed by atoms with Crippen LogP contribution in [0.25, 0.3) is 0 Å². The van der Waals surface area contributed by atoms with Crippen LogP contribution in [0.3, 0.4) is 0 Å². The minimum Gasteiger partial charge on any atom is -0.497 e. The number of ether oxygens (including phenoxy) is 2. The van der Waals surface area contributed by atoms with Crippen LogP contribution < -0.4 is 14.4 Å². The largest absolute Gasteiger partial charge is 0.497 e. The van der Waals surface area contributed by atoms with Gasteiger partial charge in [-0.05, 0) is 24.3 Å². The third kappa shape index (κ3) is 4.39. The van der Waals surface area contributed by atoms with Gasteiger partial charge < -0.3 is 24.2 Å². The second kappa shape index (κ2) is 9.30. The molecule has 168 valence electrons. The van der Waals surface area contributed by atoms with E-state index in [1.54, 1.807) is 47.1 Å². The van der Waals surface area contributed by atoms with E-state index in [2.05, 4.69) is 0 Å². The molecule has 2 aromatic carbocycles. The standard InChI is InChI=1S/C24H27N3O5/c1-31-20-12-17(13-21(15-20)32-2)23(29)25-8-10-26(11-9-25)24(30)18-14-22(28)27(16-18)19-6-4-3-5-7-19/h3-7,12-13,15,18H,8-11,14,16H2,1-2H3. The van der Waals surface area contributed by atoms with Crippen LogP contribution in [0.1, 0.15) is 16.8 Å². The van der Waals surface area contributed by atoms with Gasteiger partial charge in [-0.1, -0.05) is 18.2 Å². The Morgan fingerprint density at radius 1 is 0.875 bits per heavy atom. The summed E-state index contributed by atoms with van der Waals surface area (Å²) < 4.78 is 10.5. The van der Waals surface area contributed by atoms with Gasteiger partial charge >= 0.3 is 0 Å². The lowest BCUT2D eigenvalue weighted by Gasteiger charge is -2.36. The first-order valence-electron chi connectivity index (χ1n) is 10.7. The zero-order chi connectivity index (χ0) is 22.7. The van der Waals surface area contributed by atoms with Crippen molar-refractivity contribution in [2.75, 3.05) is 51.8 Å². The molecule has 3 amide bonds. The Hall–Kier alpha value is -3.55. The summed E-state index contributed by atoms with van der Waals surface area (Å²) >= 11 is 0. The SMILES string of the molecule is COc1cc(OC)cc(C(=O)N2CCN(C(=O)C3CC(=O)N(c4ccccc4)C3)CC2)c1. The molecule has 1 unspecified atom stereocenters. The molecule has 0 aromatic heterocycles. The highest BCUT2D eigenvalue weighted by atomic mass is 16.5. The Labute approximate surface area is 187 Å². The van der Waals surface area contributed by atoms with Gasteiger partial charge in [-0.2, -0.15) is 0 Å². The molecule has 2 fully saturated rings. The van der Waals surface area contributed by atoms with Gasteiger partial charge in [0.2, 0.25) is 11.8 Å². The maximum atomic E-state index is 13.0. The quantitative estimate of drug-likeness (QED) is 0.715. The Balaban J connectivity index is 1.36. The summed E-state index contributed by atoms with van der Waals surface area (Å²) in [7, 11) is 3.08. The average molecular weight is 437 g/mol. The normalized spacial score (nSPS) is 18.6. The second-order valence-corrected chi connectivity index (χ2v) is 7.96. The van der Waals surface area contributed by atoms with E-state index in [-0.39, 0.29) is 30.1 Å². The smallest absolute Gasteiger partial charge is 0.254 e. The summed E-state index contributed by atoms with van der Waals surface area (Å²) in [6.07, 6.45) is 0.219. The lowest BCUT2D eigenvalue weighted by atomic mass is 10.1. The molecule has 0 saturated carbocycles. The zero-order valence-corrected chi connectivity index (χ0v) is 18.3. The molecular weight excluding hydrogens is 410 g/mol. The van der Waals surface area contributed by atoms with Crippen molar-refractivity contribution >= 4 is 23.4 Å². The first-order valence-corrected chi connectivity index (χ1v) is 10.7. The fraction of sp³-hybridized carbons (Fsp3) is 0.375. The lowest BCUT2D eigenvalue weighted by molar-refractivity contribution is -0.137. The number of hydrogen-bond acceptors (Lipinski definition) is 5. The number of nitrogens with zero attached hydrogens (tertiary/aromatic N) is 3. The van der Waals surface area contributed by atoms with Gasteiger partial charge in [0.1, 0.15) is 11.5 Å². The van der Waals surface area contributed by atoms with Gasteiger partial charge in [0, 0.05) is 56.5 Å². The van der Waals surface area contributed by atoms with E-state index in [1.165, 1.54) is 0 Å². The Bertz CT molecular complexity index is 980. The molecule has 0 N–H and O–H groups in total. The van der Waals surface area contributed by atoms with Gasteiger partial charge in [-0.3, -0.25) is 14.4 Å². The molecule has 8 heteroatoms. The number of piperazine rings is 1. The molecule has 0 radical (unpaired) electrons. The second-order valence-electron chi connectivity index (χ2n) is 7.96. The summed E-state index contributed by atoms with van der Waals surface area (Å²) in [6, 6.07) is 14.5. The van der Waals surface area contributed by atoms with Gasteiger partial charge in [0.15, 0.2) is 0 Å². The van der Waals surface area contributed by atoms with Crippen molar-refractivity contribution in [1.82, 2.24) is 9.80 Å². The van der Waals surface area contributed by atoms with Crippen LogP contribution >= 0.6 is 0 Å². The number of rotatable bonds is 5. The third-order valence-corrected chi connectivity index (χ3v) is 6.02. The number of hydrogen-bond donors (Lipinski definition) is 0. The first-order chi connectivity index (χ1) is 15.5. The zero-order valence-electron chi connectivity index (χ0n) is 18.3. The van der Waals surface area contributed by atoms with E-state index in [9.17, 15) is 14.4 Å². The molecule has 8 nitrogen and oxygen atoms in total. The number of methoxy groups -OCH3 is 2. The molecule has 32 heavy (non-hydrogen) atoms. The Morgan fingerprint density at radius 2 is 1.47 bits per heavy atom. The number of carbonyl (C=O) groups is 3. The fourth-order valence-electron chi connectivity index (χ4n) is 4.23. The monoisotopic (exact) mass is 437 g/mol. The molecule has 2 heterocycles. The molecule has 2 saturated heterocycles. The fourth-order valence-corrected chi connectivity index (χ4v) is 4.23. The number of benzene rings is 2. The van der Waals surface area contributed by atoms with Crippen LogP contribution in [0, 0.1) is 5.92 Å². The van der Waals surface area contributed by atoms with Crippen molar-refractivity contribution in [2.45, 2.75) is 6.42 Å². The van der Waals surface area contributed by atoms with E-state index >= 15 is 0 Å². The maximum absolute atomic E-state index is 13.0. The predicted molar refractivity (Wildman–Crippen MR) is 119 cm³/mol. The van der Waals surface area contributed by atoms with Crippen molar-refractivity contribution in [2.24, 2.45) is 5.92 Å². The maximum Gasteiger partial charge on any atom is 0.254 e. The number of para-hydroxylation sites is 1. The van der Waals surface area contributed by atoms with Crippen molar-refractivity contribution in [3.63, 3.8) is 0 Å². The van der Waals surface area contributed by atoms with E-state index in [1.807, 2.05) is 30.3 Å². The lowest BCUT2D eigenvalue weighted by Crippen LogP contribution is -2.52. The molecule has 0 spiro atoms. The third-order valence-electron chi connectivity index (χ3n) is 6.02. The Morgan fingerprint density at radius 3 is 2.06 bits per heavy atom.